The third-order valence-electron chi connectivity index (χ3n) is 4.67. The van der Waals surface area contributed by atoms with Gasteiger partial charge in [-0.2, -0.15) is 0 Å². The van der Waals surface area contributed by atoms with Crippen molar-refractivity contribution in [1.82, 2.24) is 5.32 Å². The van der Waals surface area contributed by atoms with E-state index in [2.05, 4.69) is 5.32 Å². The highest BCUT2D eigenvalue weighted by Crippen LogP contribution is 2.41. The number of benzene rings is 2. The van der Waals surface area contributed by atoms with Crippen molar-refractivity contribution in [2.24, 2.45) is 0 Å². The van der Waals surface area contributed by atoms with E-state index in [4.69, 9.17) is 4.74 Å². The zero-order chi connectivity index (χ0) is 19.6. The molecule has 2 aromatic carbocycles. The van der Waals surface area contributed by atoms with Gasteiger partial charge in [0.05, 0.1) is 34.3 Å². The van der Waals surface area contributed by atoms with E-state index >= 15 is 0 Å². The fourth-order valence-corrected chi connectivity index (χ4v) is 4.79. The van der Waals surface area contributed by atoms with Gasteiger partial charge in [-0.05, 0) is 38.5 Å². The van der Waals surface area contributed by atoms with Crippen molar-refractivity contribution in [1.29, 1.82) is 0 Å². The Balaban J connectivity index is 2.17. The van der Waals surface area contributed by atoms with Crippen LogP contribution in [0.1, 0.15) is 30.9 Å². The second-order valence-electron chi connectivity index (χ2n) is 6.57. The van der Waals surface area contributed by atoms with Crippen LogP contribution in [0.3, 0.4) is 0 Å². The number of methoxy groups -OCH3 is 1. The van der Waals surface area contributed by atoms with Crippen molar-refractivity contribution in [3.05, 3.63) is 87.6 Å². The number of nitrogens with one attached hydrogen (secondary N) is 1. The zero-order valence-corrected chi connectivity index (χ0v) is 16.7. The van der Waals surface area contributed by atoms with E-state index in [1.54, 1.807) is 0 Å². The number of aryl methyl sites for hydroxylation is 1. The molecule has 0 amide bonds. The molecular weight excluding hydrogens is 358 g/mol. The summed E-state index contributed by atoms with van der Waals surface area (Å²) in [4.78, 5) is 14.0. The van der Waals surface area contributed by atoms with Crippen LogP contribution < -0.4 is 5.32 Å². The summed E-state index contributed by atoms with van der Waals surface area (Å²) in [5.41, 5.74) is 4.03. The second kappa shape index (κ2) is 7.92. The van der Waals surface area contributed by atoms with E-state index < -0.39 is 22.7 Å². The molecule has 27 heavy (non-hydrogen) atoms. The highest BCUT2D eigenvalue weighted by molar-refractivity contribution is 7.89. The van der Waals surface area contributed by atoms with E-state index in [0.717, 1.165) is 22.5 Å². The monoisotopic (exact) mass is 381 g/mol. The third kappa shape index (κ3) is 3.74. The van der Waals surface area contributed by atoms with Gasteiger partial charge >= 0.3 is 5.97 Å². The largest absolute Gasteiger partial charge is 0.466 e. The lowest BCUT2D eigenvalue weighted by Gasteiger charge is -2.31. The quantitative estimate of drug-likeness (QED) is 0.808. The molecule has 1 aliphatic rings. The molecule has 0 bridgehead atoms. The Kier molecular flexibility index (Phi) is 5.61. The molecule has 0 radical (unpaired) electrons. The van der Waals surface area contributed by atoms with Crippen LogP contribution >= 0.6 is 0 Å². The number of esters is 1. The predicted molar refractivity (Wildman–Crippen MR) is 107 cm³/mol. The summed E-state index contributed by atoms with van der Waals surface area (Å²) in [6, 6.07) is 17.3. The molecule has 0 saturated carbocycles. The first-order valence-electron chi connectivity index (χ1n) is 8.74. The highest BCUT2D eigenvalue weighted by Gasteiger charge is 2.36. The maximum atomic E-state index is 13.5. The van der Waals surface area contributed by atoms with E-state index in [-0.39, 0.29) is 0 Å². The van der Waals surface area contributed by atoms with Gasteiger partial charge in [0.2, 0.25) is 0 Å². The van der Waals surface area contributed by atoms with Crippen LogP contribution in [0.2, 0.25) is 0 Å². The van der Waals surface area contributed by atoms with Crippen LogP contribution in [0.4, 0.5) is 0 Å². The number of dihydropyridines is 1. The van der Waals surface area contributed by atoms with Crippen molar-refractivity contribution in [3.8, 4) is 0 Å². The minimum absolute atomic E-state index is 0.417. The summed E-state index contributed by atoms with van der Waals surface area (Å²) in [5, 5.41) is 3.22. The van der Waals surface area contributed by atoms with Crippen molar-refractivity contribution in [2.45, 2.75) is 31.6 Å². The number of carbonyl (C=O) groups is 1. The second-order valence-corrected chi connectivity index (χ2v) is 8.02. The maximum Gasteiger partial charge on any atom is 0.336 e. The standard InChI is InChI=1S/C22H23NO3S/c1-14-10-12-18(13-11-14)27(25)21-16(3)23-15(2)19(22(24)26-4)20(21)17-8-6-5-7-9-17/h5-13,20,23H,1-4H3/t20-,27?/m1/s1. The lowest BCUT2D eigenvalue weighted by Crippen LogP contribution is -2.30. The normalized spacial score (nSPS) is 18.1. The Bertz CT molecular complexity index is 943. The van der Waals surface area contributed by atoms with E-state index in [1.165, 1.54) is 7.11 Å². The summed E-state index contributed by atoms with van der Waals surface area (Å²) in [5.74, 6) is -0.846. The zero-order valence-electron chi connectivity index (χ0n) is 15.9. The number of rotatable bonds is 4. The Morgan fingerprint density at radius 3 is 2.19 bits per heavy atom. The van der Waals surface area contributed by atoms with Crippen LogP contribution in [0, 0.1) is 6.92 Å². The first-order valence-corrected chi connectivity index (χ1v) is 9.89. The third-order valence-corrected chi connectivity index (χ3v) is 6.31. The number of hydrogen-bond donors (Lipinski definition) is 1. The Morgan fingerprint density at radius 2 is 1.59 bits per heavy atom. The van der Waals surface area contributed by atoms with Gasteiger partial charge in [-0.3, -0.25) is 0 Å². The molecule has 1 aliphatic heterocycles. The first-order chi connectivity index (χ1) is 12.9. The lowest BCUT2D eigenvalue weighted by atomic mass is 9.86. The molecule has 5 heteroatoms. The van der Waals surface area contributed by atoms with Crippen LogP contribution in [-0.4, -0.2) is 17.3 Å². The SMILES string of the molecule is COC(=O)C1=C(C)NC(C)=C(S(=O)c2ccc(C)cc2)[C@@H]1c1ccccc1. The number of allylic oxidation sites excluding steroid dienone is 3. The molecule has 0 fully saturated rings. The average molecular weight is 381 g/mol. The summed E-state index contributed by atoms with van der Waals surface area (Å²) < 4.78 is 18.5. The van der Waals surface area contributed by atoms with Crippen molar-refractivity contribution >= 4 is 16.8 Å². The fraction of sp³-hybridized carbons (Fsp3) is 0.227. The van der Waals surface area contributed by atoms with Crippen molar-refractivity contribution in [2.75, 3.05) is 7.11 Å². The van der Waals surface area contributed by atoms with Gasteiger partial charge in [0, 0.05) is 16.3 Å². The molecule has 0 saturated heterocycles. The highest BCUT2D eigenvalue weighted by atomic mass is 32.2. The molecule has 140 valence electrons. The molecule has 1 heterocycles. The molecular formula is C22H23NO3S. The Labute approximate surface area is 162 Å². The van der Waals surface area contributed by atoms with E-state index in [9.17, 15) is 9.00 Å². The lowest BCUT2D eigenvalue weighted by molar-refractivity contribution is -0.136. The molecule has 2 atom stereocenters. The van der Waals surface area contributed by atoms with E-state index in [1.807, 2.05) is 75.4 Å². The smallest absolute Gasteiger partial charge is 0.336 e. The Hall–Kier alpha value is -2.66. The van der Waals surface area contributed by atoms with Gasteiger partial charge in [0.15, 0.2) is 0 Å². The van der Waals surface area contributed by atoms with Gasteiger partial charge in [-0.15, -0.1) is 0 Å². The molecule has 3 rings (SSSR count). The fourth-order valence-electron chi connectivity index (χ4n) is 3.35. The first kappa shape index (κ1) is 19.1. The predicted octanol–water partition coefficient (Wildman–Crippen LogP) is 4.17. The van der Waals surface area contributed by atoms with Crippen LogP contribution in [0.15, 0.2) is 81.4 Å². The summed E-state index contributed by atoms with van der Waals surface area (Å²) in [7, 11) is -0.0502. The van der Waals surface area contributed by atoms with Gasteiger partial charge in [-0.25, -0.2) is 9.00 Å². The topological polar surface area (TPSA) is 55.4 Å². The van der Waals surface area contributed by atoms with Crippen LogP contribution in [0.5, 0.6) is 0 Å². The molecule has 0 aliphatic carbocycles. The maximum absolute atomic E-state index is 13.5. The molecule has 0 aromatic heterocycles. The summed E-state index contributed by atoms with van der Waals surface area (Å²) in [6.45, 7) is 5.74. The molecule has 2 aromatic rings. The van der Waals surface area contributed by atoms with Gasteiger partial charge in [0.1, 0.15) is 0 Å². The number of ether oxygens (including phenoxy) is 1. The number of carbonyl (C=O) groups excluding carboxylic acids is 1. The average Bonchev–Trinajstić information content (AvgIpc) is 2.67. The number of hydrogen-bond acceptors (Lipinski definition) is 4. The van der Waals surface area contributed by atoms with Gasteiger partial charge < -0.3 is 10.1 Å². The van der Waals surface area contributed by atoms with Crippen LogP contribution in [0.25, 0.3) is 0 Å². The minimum Gasteiger partial charge on any atom is -0.466 e. The Morgan fingerprint density at radius 1 is 0.963 bits per heavy atom. The summed E-state index contributed by atoms with van der Waals surface area (Å²) in [6.07, 6.45) is 0. The minimum atomic E-state index is -1.42. The van der Waals surface area contributed by atoms with Crippen molar-refractivity contribution in [3.63, 3.8) is 0 Å². The molecule has 1 unspecified atom stereocenters. The van der Waals surface area contributed by atoms with E-state index in [0.29, 0.717) is 15.4 Å². The van der Waals surface area contributed by atoms with Crippen LogP contribution in [-0.2, 0) is 20.3 Å². The molecule has 1 N–H and O–H groups in total. The summed E-state index contributed by atoms with van der Waals surface area (Å²) >= 11 is 0. The van der Waals surface area contributed by atoms with Gasteiger partial charge in [0.25, 0.3) is 0 Å². The van der Waals surface area contributed by atoms with Crippen molar-refractivity contribution < 1.29 is 13.7 Å². The molecule has 0 spiro atoms. The molecule has 4 nitrogen and oxygen atoms in total. The van der Waals surface area contributed by atoms with Gasteiger partial charge in [-0.1, -0.05) is 48.0 Å².